The summed E-state index contributed by atoms with van der Waals surface area (Å²) in [5.41, 5.74) is 2.73. The van der Waals surface area contributed by atoms with E-state index in [4.69, 9.17) is 10.6 Å². The maximum Gasteiger partial charge on any atom is 0.0510 e. The lowest BCUT2D eigenvalue weighted by Crippen LogP contribution is -2.38. The maximum absolute atomic E-state index is 5.25. The molecule has 0 aromatic rings. The average molecular weight is 130 g/mol. The van der Waals surface area contributed by atoms with E-state index in [2.05, 4.69) is 12.3 Å². The second-order valence-electron chi connectivity index (χ2n) is 2.58. The molecule has 1 saturated heterocycles. The quantitative estimate of drug-likeness (QED) is 0.404. The predicted molar refractivity (Wildman–Crippen MR) is 35.7 cm³/mol. The van der Waals surface area contributed by atoms with Gasteiger partial charge in [0.15, 0.2) is 0 Å². The van der Waals surface area contributed by atoms with Gasteiger partial charge in [-0.05, 0) is 13.3 Å². The van der Waals surface area contributed by atoms with Gasteiger partial charge >= 0.3 is 0 Å². The van der Waals surface area contributed by atoms with Gasteiger partial charge in [0.2, 0.25) is 0 Å². The van der Waals surface area contributed by atoms with Gasteiger partial charge in [0.1, 0.15) is 0 Å². The Morgan fingerprint density at radius 1 is 1.78 bits per heavy atom. The lowest BCUT2D eigenvalue weighted by molar-refractivity contribution is 0.178. The normalized spacial score (nSPS) is 30.7. The first kappa shape index (κ1) is 6.99. The van der Waals surface area contributed by atoms with Crippen LogP contribution in [0.4, 0.5) is 0 Å². The average Bonchev–Trinajstić information content (AvgIpc) is 2.37. The van der Waals surface area contributed by atoms with Gasteiger partial charge in [-0.25, -0.2) is 0 Å². The van der Waals surface area contributed by atoms with Crippen LogP contribution in [0, 0.1) is 5.92 Å². The first-order valence-corrected chi connectivity index (χ1v) is 3.38. The lowest BCUT2D eigenvalue weighted by atomic mass is 10.0. The monoisotopic (exact) mass is 130 g/mol. The smallest absolute Gasteiger partial charge is 0.0510 e. The van der Waals surface area contributed by atoms with Gasteiger partial charge in [0.25, 0.3) is 0 Å². The second kappa shape index (κ2) is 3.15. The number of rotatable bonds is 2. The van der Waals surface area contributed by atoms with Crippen LogP contribution in [0.1, 0.15) is 13.3 Å². The first-order chi connectivity index (χ1) is 4.34. The Hall–Kier alpha value is -0.120. The molecule has 1 fully saturated rings. The molecular weight excluding hydrogens is 116 g/mol. The van der Waals surface area contributed by atoms with Crippen molar-refractivity contribution in [2.45, 2.75) is 19.4 Å². The van der Waals surface area contributed by atoms with Crippen LogP contribution in [0.15, 0.2) is 0 Å². The molecule has 1 heterocycles. The minimum atomic E-state index is 0.396. The first-order valence-electron chi connectivity index (χ1n) is 3.38. The lowest BCUT2D eigenvalue weighted by Gasteiger charge is -2.15. The van der Waals surface area contributed by atoms with Gasteiger partial charge in [0.05, 0.1) is 6.61 Å². The van der Waals surface area contributed by atoms with Gasteiger partial charge in [-0.1, -0.05) is 0 Å². The van der Waals surface area contributed by atoms with Crippen molar-refractivity contribution in [1.82, 2.24) is 5.43 Å². The third-order valence-corrected chi connectivity index (χ3v) is 1.93. The number of ether oxygens (including phenoxy) is 1. The SMILES string of the molecule is CC(NN)C1CCOC1. The van der Waals surface area contributed by atoms with Crippen LogP contribution in [0.3, 0.4) is 0 Å². The molecule has 3 N–H and O–H groups in total. The molecule has 9 heavy (non-hydrogen) atoms. The Balaban J connectivity index is 2.24. The number of hydrogen-bond acceptors (Lipinski definition) is 3. The van der Waals surface area contributed by atoms with E-state index in [1.54, 1.807) is 0 Å². The summed E-state index contributed by atoms with van der Waals surface area (Å²) in [5.74, 6) is 5.87. The summed E-state index contributed by atoms with van der Waals surface area (Å²) in [7, 11) is 0. The fourth-order valence-corrected chi connectivity index (χ4v) is 1.08. The molecule has 0 aliphatic carbocycles. The minimum Gasteiger partial charge on any atom is -0.381 e. The summed E-state index contributed by atoms with van der Waals surface area (Å²) < 4.78 is 5.18. The van der Waals surface area contributed by atoms with Crippen LogP contribution in [0.5, 0.6) is 0 Å². The third kappa shape index (κ3) is 1.64. The van der Waals surface area contributed by atoms with Crippen LogP contribution < -0.4 is 11.3 Å². The Morgan fingerprint density at radius 3 is 3.00 bits per heavy atom. The van der Waals surface area contributed by atoms with E-state index in [0.29, 0.717) is 12.0 Å². The van der Waals surface area contributed by atoms with Crippen LogP contribution >= 0.6 is 0 Å². The highest BCUT2D eigenvalue weighted by Gasteiger charge is 2.20. The van der Waals surface area contributed by atoms with Crippen molar-refractivity contribution in [3.05, 3.63) is 0 Å². The molecule has 1 aliphatic heterocycles. The highest BCUT2D eigenvalue weighted by molar-refractivity contribution is 4.73. The van der Waals surface area contributed by atoms with Crippen molar-refractivity contribution in [2.75, 3.05) is 13.2 Å². The Kier molecular flexibility index (Phi) is 2.45. The Morgan fingerprint density at radius 2 is 2.56 bits per heavy atom. The molecule has 2 atom stereocenters. The van der Waals surface area contributed by atoms with E-state index in [0.717, 1.165) is 19.6 Å². The molecule has 1 aliphatic rings. The molecule has 2 unspecified atom stereocenters. The topological polar surface area (TPSA) is 47.3 Å². The summed E-state index contributed by atoms with van der Waals surface area (Å²) in [6, 6.07) is 0.396. The van der Waals surface area contributed by atoms with Crippen molar-refractivity contribution >= 4 is 0 Å². The zero-order valence-electron chi connectivity index (χ0n) is 5.76. The molecule has 0 radical (unpaired) electrons. The van der Waals surface area contributed by atoms with E-state index >= 15 is 0 Å². The number of nitrogens with two attached hydrogens (primary N) is 1. The van der Waals surface area contributed by atoms with Gasteiger partial charge in [0, 0.05) is 18.6 Å². The minimum absolute atomic E-state index is 0.396. The highest BCUT2D eigenvalue weighted by Crippen LogP contribution is 2.15. The second-order valence-corrected chi connectivity index (χ2v) is 2.58. The molecule has 0 aromatic carbocycles. The molecule has 0 bridgehead atoms. The summed E-state index contributed by atoms with van der Waals surface area (Å²) >= 11 is 0. The maximum atomic E-state index is 5.25. The van der Waals surface area contributed by atoms with Crippen molar-refractivity contribution in [2.24, 2.45) is 11.8 Å². The standard InChI is InChI=1S/C6H14N2O/c1-5(8-7)6-2-3-9-4-6/h5-6,8H,2-4,7H2,1H3. The third-order valence-electron chi connectivity index (χ3n) is 1.93. The summed E-state index contributed by atoms with van der Waals surface area (Å²) in [6.07, 6.45) is 1.14. The predicted octanol–water partition coefficient (Wildman–Crippen LogP) is -0.125. The molecule has 3 heteroatoms. The fourth-order valence-electron chi connectivity index (χ4n) is 1.08. The van der Waals surface area contributed by atoms with Crippen LogP contribution in [-0.2, 0) is 4.74 Å². The molecule has 54 valence electrons. The molecular formula is C6H14N2O. The van der Waals surface area contributed by atoms with Crippen LogP contribution in [0.25, 0.3) is 0 Å². The number of hydrazine groups is 1. The van der Waals surface area contributed by atoms with Crippen LogP contribution in [0.2, 0.25) is 0 Å². The van der Waals surface area contributed by atoms with E-state index in [-0.39, 0.29) is 0 Å². The molecule has 0 spiro atoms. The van der Waals surface area contributed by atoms with Crippen molar-refractivity contribution in [3.8, 4) is 0 Å². The molecule has 1 rings (SSSR count). The number of nitrogens with one attached hydrogen (secondary N) is 1. The largest absolute Gasteiger partial charge is 0.381 e. The van der Waals surface area contributed by atoms with E-state index in [1.807, 2.05) is 0 Å². The van der Waals surface area contributed by atoms with E-state index < -0.39 is 0 Å². The molecule has 0 aromatic heterocycles. The zero-order chi connectivity index (χ0) is 6.69. The van der Waals surface area contributed by atoms with E-state index in [1.165, 1.54) is 0 Å². The zero-order valence-corrected chi connectivity index (χ0v) is 5.76. The highest BCUT2D eigenvalue weighted by atomic mass is 16.5. The van der Waals surface area contributed by atoms with Gasteiger partial charge < -0.3 is 4.74 Å². The summed E-state index contributed by atoms with van der Waals surface area (Å²) in [4.78, 5) is 0. The van der Waals surface area contributed by atoms with E-state index in [9.17, 15) is 0 Å². The van der Waals surface area contributed by atoms with Crippen molar-refractivity contribution < 1.29 is 4.74 Å². The fraction of sp³-hybridized carbons (Fsp3) is 1.00. The Labute approximate surface area is 55.5 Å². The Bertz CT molecular complexity index is 81.1. The van der Waals surface area contributed by atoms with Crippen LogP contribution in [-0.4, -0.2) is 19.3 Å². The summed E-state index contributed by atoms with van der Waals surface area (Å²) in [5, 5.41) is 0. The number of hydrogen-bond donors (Lipinski definition) is 2. The molecule has 0 amide bonds. The van der Waals surface area contributed by atoms with Gasteiger partial charge in [-0.2, -0.15) is 0 Å². The molecule has 0 saturated carbocycles. The van der Waals surface area contributed by atoms with Gasteiger partial charge in [-0.15, -0.1) is 0 Å². The molecule has 3 nitrogen and oxygen atoms in total. The van der Waals surface area contributed by atoms with Crippen molar-refractivity contribution in [1.29, 1.82) is 0 Å². The summed E-state index contributed by atoms with van der Waals surface area (Å²) in [6.45, 7) is 3.85. The van der Waals surface area contributed by atoms with Gasteiger partial charge in [-0.3, -0.25) is 11.3 Å². The van der Waals surface area contributed by atoms with Crippen molar-refractivity contribution in [3.63, 3.8) is 0 Å².